The molecule has 0 saturated heterocycles. The number of nitriles is 1. The van der Waals surface area contributed by atoms with Gasteiger partial charge in [0.1, 0.15) is 23.9 Å². The number of halogens is 1. The van der Waals surface area contributed by atoms with Crippen LogP contribution in [0.4, 0.5) is 10.2 Å². The average molecular weight is 586 g/mol. The molecular weight excluding hydrogens is 545 g/mol. The molecule has 2 atom stereocenters. The molecule has 0 aliphatic rings. The van der Waals surface area contributed by atoms with Crippen molar-refractivity contribution in [1.82, 2.24) is 20.5 Å². The molecule has 1 heterocycles. The molecule has 10 nitrogen and oxygen atoms in total. The highest BCUT2D eigenvalue weighted by Gasteiger charge is 2.05. The van der Waals surface area contributed by atoms with Crippen LogP contribution >= 0.6 is 0 Å². The number of nitrogens with one attached hydrogen (secondary N) is 3. The van der Waals surface area contributed by atoms with Crippen molar-refractivity contribution < 1.29 is 9.18 Å². The van der Waals surface area contributed by atoms with Gasteiger partial charge in [0.2, 0.25) is 6.41 Å². The first-order chi connectivity index (χ1) is 20.7. The summed E-state index contributed by atoms with van der Waals surface area (Å²) in [5.41, 5.74) is 17.1. The van der Waals surface area contributed by atoms with E-state index in [0.29, 0.717) is 25.2 Å². The highest BCUT2D eigenvalue weighted by atomic mass is 19.1. The summed E-state index contributed by atoms with van der Waals surface area (Å²) in [6.45, 7) is 4.78. The maximum atomic E-state index is 12.4. The van der Waals surface area contributed by atoms with Crippen molar-refractivity contribution in [2.75, 3.05) is 26.1 Å². The molecule has 3 aromatic rings. The Morgan fingerprint density at radius 1 is 1.21 bits per heavy atom. The van der Waals surface area contributed by atoms with Crippen molar-refractivity contribution in [2.24, 2.45) is 16.5 Å². The van der Waals surface area contributed by atoms with E-state index >= 15 is 0 Å². The molecular formula is C32H40FN9O. The molecule has 1 unspecified atom stereocenters. The van der Waals surface area contributed by atoms with Gasteiger partial charge in [-0.1, -0.05) is 36.4 Å². The van der Waals surface area contributed by atoms with E-state index in [1.165, 1.54) is 12.1 Å². The van der Waals surface area contributed by atoms with Crippen LogP contribution in [-0.4, -0.2) is 49.4 Å². The maximum Gasteiger partial charge on any atom is 0.207 e. The van der Waals surface area contributed by atoms with E-state index < -0.39 is 6.17 Å². The number of hydrogen-bond donors (Lipinski definition) is 5. The molecule has 1 amide bonds. The highest BCUT2D eigenvalue weighted by Crippen LogP contribution is 2.17. The van der Waals surface area contributed by atoms with Crippen LogP contribution in [0, 0.1) is 24.1 Å². The zero-order valence-corrected chi connectivity index (χ0v) is 25.0. The van der Waals surface area contributed by atoms with E-state index in [-0.39, 0.29) is 11.9 Å². The number of rotatable bonds is 13. The van der Waals surface area contributed by atoms with Crippen LogP contribution in [0.1, 0.15) is 40.8 Å². The van der Waals surface area contributed by atoms with E-state index in [9.17, 15) is 9.18 Å². The summed E-state index contributed by atoms with van der Waals surface area (Å²) >= 11 is 0. The van der Waals surface area contributed by atoms with E-state index in [1.54, 1.807) is 36.8 Å². The van der Waals surface area contributed by atoms with Crippen molar-refractivity contribution in [1.29, 1.82) is 5.26 Å². The molecule has 11 heteroatoms. The first-order valence-corrected chi connectivity index (χ1v) is 13.6. The molecule has 226 valence electrons. The van der Waals surface area contributed by atoms with Crippen molar-refractivity contribution in [3.8, 4) is 6.07 Å². The minimum atomic E-state index is -0.439. The standard InChI is InChI=1S/C23H30N8.C9H10FNO/c1-17-10-19(11-24)13-30-23(17)29-12-18-4-6-20(7-5-18)21(15-31(3)16-25)14-28-22(26)8-9-27-2;1-7(11-6-12)8-2-4-9(10)5-3-8/h4-10,13-15,22,27H,12,16,25-26H2,1-3H3,(H,29,30);2-7H,1H3,(H,11,12)/b9-8-,21-15+,28-14-;/t;7-/m.0/s1. The van der Waals surface area contributed by atoms with Gasteiger partial charge in [-0.3, -0.25) is 9.79 Å². The second kappa shape index (κ2) is 18.4. The number of aromatic nitrogens is 1. The lowest BCUT2D eigenvalue weighted by Crippen LogP contribution is -2.20. The van der Waals surface area contributed by atoms with Gasteiger partial charge in [0, 0.05) is 44.8 Å². The van der Waals surface area contributed by atoms with Gasteiger partial charge in [0.25, 0.3) is 0 Å². The van der Waals surface area contributed by atoms with Crippen LogP contribution in [0.2, 0.25) is 0 Å². The Kier molecular flexibility index (Phi) is 14.6. The second-order valence-electron chi connectivity index (χ2n) is 9.55. The number of benzene rings is 2. The van der Waals surface area contributed by atoms with E-state index in [0.717, 1.165) is 33.6 Å². The molecule has 43 heavy (non-hydrogen) atoms. The summed E-state index contributed by atoms with van der Waals surface area (Å²) in [6.07, 6.45) is 8.99. The van der Waals surface area contributed by atoms with Gasteiger partial charge in [0.15, 0.2) is 0 Å². The zero-order chi connectivity index (χ0) is 31.6. The van der Waals surface area contributed by atoms with Gasteiger partial charge in [-0.15, -0.1) is 0 Å². The molecule has 0 radical (unpaired) electrons. The topological polar surface area (TPSA) is 157 Å². The summed E-state index contributed by atoms with van der Waals surface area (Å²) in [7, 11) is 3.71. The van der Waals surface area contributed by atoms with E-state index in [1.807, 2.05) is 69.4 Å². The summed E-state index contributed by atoms with van der Waals surface area (Å²) in [5.74, 6) is 0.501. The number of hydrogen-bond acceptors (Lipinski definition) is 9. The minimum Gasteiger partial charge on any atom is -0.394 e. The number of nitrogens with two attached hydrogens (primary N) is 2. The maximum absolute atomic E-state index is 12.4. The van der Waals surface area contributed by atoms with Gasteiger partial charge in [-0.2, -0.15) is 5.26 Å². The van der Waals surface area contributed by atoms with Gasteiger partial charge >= 0.3 is 0 Å². The lowest BCUT2D eigenvalue weighted by Gasteiger charge is -2.14. The first kappa shape index (κ1) is 34.2. The number of anilines is 1. The number of pyridine rings is 1. The third kappa shape index (κ3) is 12.1. The number of carbonyl (C=O) groups excluding carboxylic acids is 1. The average Bonchev–Trinajstić information content (AvgIpc) is 3.02. The number of carbonyl (C=O) groups is 1. The molecule has 0 aliphatic heterocycles. The Morgan fingerprint density at radius 3 is 2.49 bits per heavy atom. The Bertz CT molecular complexity index is 1410. The van der Waals surface area contributed by atoms with Crippen molar-refractivity contribution >= 4 is 24.0 Å². The van der Waals surface area contributed by atoms with Crippen LogP contribution < -0.4 is 27.4 Å². The molecule has 0 spiro atoms. The van der Waals surface area contributed by atoms with Crippen LogP contribution in [0.15, 0.2) is 84.3 Å². The fourth-order valence-corrected chi connectivity index (χ4v) is 3.65. The molecule has 0 saturated carbocycles. The predicted molar refractivity (Wildman–Crippen MR) is 171 cm³/mol. The summed E-state index contributed by atoms with van der Waals surface area (Å²) in [4.78, 5) is 20.7. The van der Waals surface area contributed by atoms with Crippen LogP contribution in [0.5, 0.6) is 0 Å². The number of amides is 1. The van der Waals surface area contributed by atoms with Gasteiger partial charge in [-0.05, 0) is 66.6 Å². The summed E-state index contributed by atoms with van der Waals surface area (Å²) in [6, 6.07) is 18.1. The molecule has 2 aromatic carbocycles. The Morgan fingerprint density at radius 2 is 1.91 bits per heavy atom. The number of allylic oxidation sites excluding steroid dienone is 1. The lowest BCUT2D eigenvalue weighted by molar-refractivity contribution is -0.110. The monoisotopic (exact) mass is 585 g/mol. The van der Waals surface area contributed by atoms with Gasteiger partial charge in [-0.25, -0.2) is 9.37 Å². The third-order valence-electron chi connectivity index (χ3n) is 6.14. The summed E-state index contributed by atoms with van der Waals surface area (Å²) in [5, 5.41) is 17.8. The highest BCUT2D eigenvalue weighted by molar-refractivity contribution is 6.09. The smallest absolute Gasteiger partial charge is 0.207 e. The lowest BCUT2D eigenvalue weighted by atomic mass is 10.1. The Balaban J connectivity index is 0.000000448. The fraction of sp³-hybridized carbons (Fsp3) is 0.250. The van der Waals surface area contributed by atoms with Crippen LogP contribution in [0.25, 0.3) is 5.57 Å². The molecule has 0 bridgehead atoms. The van der Waals surface area contributed by atoms with E-state index in [4.69, 9.17) is 16.7 Å². The quantitative estimate of drug-likeness (QED) is 0.115. The van der Waals surface area contributed by atoms with Crippen LogP contribution in [0.3, 0.4) is 0 Å². The molecule has 7 N–H and O–H groups in total. The number of nitrogens with zero attached hydrogens (tertiary/aromatic N) is 4. The van der Waals surface area contributed by atoms with E-state index in [2.05, 4.69) is 32.0 Å². The Labute approximate surface area is 253 Å². The van der Waals surface area contributed by atoms with Crippen LogP contribution in [-0.2, 0) is 11.3 Å². The normalized spacial score (nSPS) is 12.6. The number of aliphatic imine (C=N–C) groups is 1. The SMILES string of the molecule is CN/C=C\C(N)/N=C\C(=C/N(C)CN)c1ccc(CNc2ncc(C#N)cc2C)cc1.C[C@H](NC=O)c1ccc(F)cc1. The third-order valence-corrected chi connectivity index (χ3v) is 6.14. The second-order valence-corrected chi connectivity index (χ2v) is 9.55. The van der Waals surface area contributed by atoms with Crippen molar-refractivity contribution in [2.45, 2.75) is 32.6 Å². The first-order valence-electron chi connectivity index (χ1n) is 13.6. The van der Waals surface area contributed by atoms with Crippen molar-refractivity contribution in [3.05, 3.63) is 113 Å². The molecule has 0 aliphatic carbocycles. The van der Waals surface area contributed by atoms with Crippen molar-refractivity contribution in [3.63, 3.8) is 0 Å². The number of aryl methyl sites for hydroxylation is 1. The Hall–Kier alpha value is -5.05. The molecule has 0 fully saturated rings. The van der Waals surface area contributed by atoms with Gasteiger partial charge in [0.05, 0.1) is 18.3 Å². The fourth-order valence-electron chi connectivity index (χ4n) is 3.65. The summed E-state index contributed by atoms with van der Waals surface area (Å²) < 4.78 is 12.4. The molecule has 1 aromatic heterocycles. The van der Waals surface area contributed by atoms with Gasteiger partial charge < -0.3 is 32.3 Å². The molecule has 3 rings (SSSR count). The largest absolute Gasteiger partial charge is 0.394 e. The zero-order valence-electron chi connectivity index (χ0n) is 25.0. The predicted octanol–water partition coefficient (Wildman–Crippen LogP) is 3.78. The minimum absolute atomic E-state index is 0.0666.